The predicted molar refractivity (Wildman–Crippen MR) is 123 cm³/mol. The Bertz CT molecular complexity index is 1060. The molecule has 1 fully saturated rings. The molecule has 4 N–H and O–H groups in total. The van der Waals surface area contributed by atoms with Crippen LogP contribution in [0.15, 0.2) is 48.5 Å². The lowest BCUT2D eigenvalue weighted by Crippen LogP contribution is -2.45. The van der Waals surface area contributed by atoms with Crippen molar-refractivity contribution >= 4 is 17.8 Å². The van der Waals surface area contributed by atoms with E-state index in [9.17, 15) is 22.8 Å². The first-order valence-electron chi connectivity index (χ1n) is 11.0. The molecule has 196 valence electrons. The van der Waals surface area contributed by atoms with Gasteiger partial charge in [0.05, 0.1) is 12.0 Å². The third-order valence-corrected chi connectivity index (χ3v) is 5.52. The van der Waals surface area contributed by atoms with Gasteiger partial charge >= 0.3 is 12.1 Å². The molecule has 2 atom stereocenters. The van der Waals surface area contributed by atoms with Gasteiger partial charge in [0, 0.05) is 24.7 Å². The number of rotatable bonds is 6. The monoisotopic (exact) mass is 511 g/mol. The Morgan fingerprint density at radius 2 is 1.64 bits per heavy atom. The summed E-state index contributed by atoms with van der Waals surface area (Å²) in [5, 5.41) is 19.1. The van der Waals surface area contributed by atoms with Crippen LogP contribution in [-0.2, 0) is 9.59 Å². The molecule has 1 saturated heterocycles. The molecule has 0 radical (unpaired) electrons. The van der Waals surface area contributed by atoms with E-state index in [0.717, 1.165) is 11.3 Å². The van der Waals surface area contributed by atoms with E-state index < -0.39 is 24.0 Å². The highest BCUT2D eigenvalue weighted by molar-refractivity contribution is 5.95. The number of benzene rings is 2. The molecule has 2 aromatic carbocycles. The Labute approximate surface area is 205 Å². The van der Waals surface area contributed by atoms with Crippen molar-refractivity contribution < 1.29 is 42.6 Å². The van der Waals surface area contributed by atoms with E-state index in [1.54, 1.807) is 29.7 Å². The van der Waals surface area contributed by atoms with Gasteiger partial charge in [0.15, 0.2) is 0 Å². The van der Waals surface area contributed by atoms with Gasteiger partial charge in [-0.25, -0.2) is 10.3 Å². The number of nitrogens with one attached hydrogen (secondary N) is 2. The number of ether oxygens (including phenoxy) is 1. The second-order valence-electron chi connectivity index (χ2n) is 8.41. The minimum absolute atomic E-state index is 0.240. The van der Waals surface area contributed by atoms with Crippen LogP contribution in [0.25, 0.3) is 0 Å². The predicted octanol–water partition coefficient (Wildman–Crippen LogP) is 3.36. The molecule has 1 heterocycles. The molecule has 9 nitrogen and oxygen atoms in total. The van der Waals surface area contributed by atoms with E-state index in [1.807, 2.05) is 45.0 Å². The number of aryl methyl sites for hydroxylation is 1. The Morgan fingerprint density at radius 1 is 1.06 bits per heavy atom. The summed E-state index contributed by atoms with van der Waals surface area (Å²) in [4.78, 5) is 35.7. The van der Waals surface area contributed by atoms with Crippen molar-refractivity contribution in [1.82, 2.24) is 15.7 Å². The summed E-state index contributed by atoms with van der Waals surface area (Å²) < 4.78 is 37.6. The summed E-state index contributed by atoms with van der Waals surface area (Å²) in [5.74, 6) is -2.61. The average Bonchev–Trinajstić information content (AvgIpc) is 3.24. The first kappa shape index (κ1) is 28.6. The third kappa shape index (κ3) is 7.95. The summed E-state index contributed by atoms with van der Waals surface area (Å²) in [6.45, 7) is 7.07. The number of nitrogens with zero attached hydrogens (tertiary/aromatic N) is 1. The average molecular weight is 511 g/mol. The van der Waals surface area contributed by atoms with Crippen LogP contribution in [0, 0.1) is 12.8 Å². The maximum Gasteiger partial charge on any atom is 0.490 e. The number of hydrogen-bond acceptors (Lipinski definition) is 6. The molecule has 0 saturated carbocycles. The number of para-hydroxylation sites is 1. The smallest absolute Gasteiger partial charge is 0.475 e. The van der Waals surface area contributed by atoms with Gasteiger partial charge in [0.25, 0.3) is 5.91 Å². The quantitative estimate of drug-likeness (QED) is 0.346. The second kappa shape index (κ2) is 12.4. The van der Waals surface area contributed by atoms with Gasteiger partial charge in [-0.2, -0.15) is 13.2 Å². The first-order valence-corrected chi connectivity index (χ1v) is 11.0. The third-order valence-electron chi connectivity index (χ3n) is 5.52. The van der Waals surface area contributed by atoms with Crippen LogP contribution in [0.2, 0.25) is 0 Å². The molecule has 0 unspecified atom stereocenters. The number of carbonyl (C=O) groups excluding carboxylic acids is 2. The highest BCUT2D eigenvalue weighted by atomic mass is 19.4. The molecule has 0 spiro atoms. The van der Waals surface area contributed by atoms with Crippen LogP contribution < -0.4 is 15.5 Å². The molecule has 2 amide bonds. The van der Waals surface area contributed by atoms with E-state index in [4.69, 9.17) is 19.8 Å². The molecule has 1 aliphatic heterocycles. The standard InChI is InChI=1S/C22H27N3O4.C2HF3O2/c1-14(2)25-12-18(22(27)24-28)19(13-25)23-21(26)16-8-10-17(11-9-16)29-20-7-5-4-6-15(20)3;3-2(4,5)1(6)7/h4-11,14,18-19,28H,12-13H2,1-3H3,(H,23,26)(H,24,27);(H,6,7)/t18-,19+;/m0./s1. The minimum atomic E-state index is -5.08. The number of likely N-dealkylation sites (tertiary alicyclic amines) is 1. The number of alkyl halides is 3. The summed E-state index contributed by atoms with van der Waals surface area (Å²) in [5.41, 5.74) is 3.22. The summed E-state index contributed by atoms with van der Waals surface area (Å²) in [6.07, 6.45) is -5.08. The topological polar surface area (TPSA) is 128 Å². The summed E-state index contributed by atoms with van der Waals surface area (Å²) in [6, 6.07) is 14.5. The van der Waals surface area contributed by atoms with E-state index in [-0.39, 0.29) is 18.0 Å². The number of carboxylic acid groups (broad SMARTS) is 1. The van der Waals surface area contributed by atoms with Crippen molar-refractivity contribution in [3.05, 3.63) is 59.7 Å². The number of carbonyl (C=O) groups is 3. The zero-order valence-electron chi connectivity index (χ0n) is 19.9. The maximum atomic E-state index is 12.7. The van der Waals surface area contributed by atoms with Gasteiger partial charge in [-0.05, 0) is 56.7 Å². The van der Waals surface area contributed by atoms with Crippen molar-refractivity contribution in [2.75, 3.05) is 13.1 Å². The summed E-state index contributed by atoms with van der Waals surface area (Å²) >= 11 is 0. The highest BCUT2D eigenvalue weighted by Gasteiger charge is 2.39. The Balaban J connectivity index is 0.000000572. The fourth-order valence-corrected chi connectivity index (χ4v) is 3.47. The Hall–Kier alpha value is -3.64. The number of carboxylic acids is 1. The van der Waals surface area contributed by atoms with Crippen LogP contribution in [0.3, 0.4) is 0 Å². The molecule has 12 heteroatoms. The van der Waals surface area contributed by atoms with Crippen molar-refractivity contribution in [2.24, 2.45) is 5.92 Å². The molecular formula is C24H28F3N3O6. The van der Waals surface area contributed by atoms with Gasteiger partial charge in [0.1, 0.15) is 11.5 Å². The van der Waals surface area contributed by atoms with Crippen molar-refractivity contribution in [2.45, 2.75) is 39.0 Å². The van der Waals surface area contributed by atoms with Crippen molar-refractivity contribution in [1.29, 1.82) is 0 Å². The zero-order valence-corrected chi connectivity index (χ0v) is 19.9. The van der Waals surface area contributed by atoms with Crippen molar-refractivity contribution in [3.8, 4) is 11.5 Å². The fourth-order valence-electron chi connectivity index (χ4n) is 3.47. The van der Waals surface area contributed by atoms with Crippen LogP contribution in [-0.4, -0.2) is 64.3 Å². The lowest BCUT2D eigenvalue weighted by atomic mass is 10.0. The molecule has 0 aromatic heterocycles. The molecule has 36 heavy (non-hydrogen) atoms. The fraction of sp³-hybridized carbons (Fsp3) is 0.375. The van der Waals surface area contributed by atoms with E-state index >= 15 is 0 Å². The van der Waals surface area contributed by atoms with Crippen molar-refractivity contribution in [3.63, 3.8) is 0 Å². The van der Waals surface area contributed by atoms with Crippen LogP contribution >= 0.6 is 0 Å². The molecule has 0 aliphatic carbocycles. The molecule has 1 aliphatic rings. The molecular weight excluding hydrogens is 483 g/mol. The van der Waals surface area contributed by atoms with Crippen LogP contribution in [0.1, 0.15) is 29.8 Å². The number of hydroxylamine groups is 1. The minimum Gasteiger partial charge on any atom is -0.475 e. The van der Waals surface area contributed by atoms with Crippen LogP contribution in [0.5, 0.6) is 11.5 Å². The van der Waals surface area contributed by atoms with Gasteiger partial charge < -0.3 is 15.2 Å². The second-order valence-corrected chi connectivity index (χ2v) is 8.41. The normalized spacial score (nSPS) is 17.7. The largest absolute Gasteiger partial charge is 0.490 e. The number of aliphatic carboxylic acids is 1. The SMILES string of the molecule is Cc1ccccc1Oc1ccc(C(=O)N[C@@H]2CN(C(C)C)C[C@@H]2C(=O)NO)cc1.O=C(O)C(F)(F)F. The van der Waals surface area contributed by atoms with Gasteiger partial charge in [-0.3, -0.25) is 19.7 Å². The lowest BCUT2D eigenvalue weighted by Gasteiger charge is -2.20. The number of amides is 2. The Morgan fingerprint density at radius 3 is 2.14 bits per heavy atom. The van der Waals surface area contributed by atoms with E-state index in [0.29, 0.717) is 24.4 Å². The lowest BCUT2D eigenvalue weighted by molar-refractivity contribution is -0.192. The summed E-state index contributed by atoms with van der Waals surface area (Å²) in [7, 11) is 0. The van der Waals surface area contributed by atoms with Gasteiger partial charge in [-0.1, -0.05) is 18.2 Å². The Kier molecular flexibility index (Phi) is 9.82. The molecule has 0 bridgehead atoms. The highest BCUT2D eigenvalue weighted by Crippen LogP contribution is 2.25. The van der Waals surface area contributed by atoms with E-state index in [2.05, 4.69) is 10.2 Å². The number of halogens is 3. The zero-order chi connectivity index (χ0) is 27.0. The van der Waals surface area contributed by atoms with Crippen LogP contribution in [0.4, 0.5) is 13.2 Å². The van der Waals surface area contributed by atoms with Gasteiger partial charge in [0.2, 0.25) is 5.91 Å². The van der Waals surface area contributed by atoms with Gasteiger partial charge in [-0.15, -0.1) is 0 Å². The molecule has 3 rings (SSSR count). The van der Waals surface area contributed by atoms with E-state index in [1.165, 1.54) is 0 Å². The first-order chi connectivity index (χ1) is 16.8. The number of hydrogen-bond donors (Lipinski definition) is 4. The molecule has 2 aromatic rings. The maximum absolute atomic E-state index is 12.7.